The van der Waals surface area contributed by atoms with Crippen LogP contribution in [0.2, 0.25) is 0 Å². The lowest BCUT2D eigenvalue weighted by molar-refractivity contribution is 0.0701. The minimum absolute atomic E-state index is 0.0129. The number of aromatic carboxylic acids is 1. The van der Waals surface area contributed by atoms with E-state index in [9.17, 15) is 19.1 Å². The number of anilines is 1. The fourth-order valence-electron chi connectivity index (χ4n) is 3.83. The van der Waals surface area contributed by atoms with E-state index in [1.807, 2.05) is 0 Å². The smallest absolute Gasteiger partial charge is 0.347 e. The Labute approximate surface area is 189 Å². The van der Waals surface area contributed by atoms with Crippen LogP contribution in [0.5, 0.6) is 5.75 Å². The topological polar surface area (TPSA) is 79.7 Å². The molecule has 4 rings (SSSR count). The Hall–Kier alpha value is -3.26. The number of thiazole rings is 1. The standard InChI is InChI=1S/C24H23FN2O4S/c25-20-9-5-4-6-17(20)15-31-19-12-10-16(11-13-19)22(28)27(18-7-2-1-3-8-18)24-26-14-21(32-24)23(29)30/h4-6,9-14,18H,1-3,7-8,15H2,(H,29,30). The van der Waals surface area contributed by atoms with Gasteiger partial charge in [-0.15, -0.1) is 0 Å². The van der Waals surface area contributed by atoms with Crippen molar-refractivity contribution in [1.82, 2.24) is 4.98 Å². The van der Waals surface area contributed by atoms with Gasteiger partial charge in [-0.05, 0) is 43.2 Å². The highest BCUT2D eigenvalue weighted by atomic mass is 32.1. The minimum atomic E-state index is -1.05. The number of carboxylic acids is 1. The molecule has 166 valence electrons. The van der Waals surface area contributed by atoms with Gasteiger partial charge < -0.3 is 9.84 Å². The first-order chi connectivity index (χ1) is 15.5. The Kier molecular flexibility index (Phi) is 6.80. The SMILES string of the molecule is O=C(O)c1cnc(N(C(=O)c2ccc(OCc3ccccc3F)cc2)C2CCCCC2)s1. The number of benzene rings is 2. The van der Waals surface area contributed by atoms with Gasteiger partial charge in [0.05, 0.1) is 6.20 Å². The largest absolute Gasteiger partial charge is 0.489 e. The number of aromatic nitrogens is 1. The summed E-state index contributed by atoms with van der Waals surface area (Å²) in [5, 5.41) is 9.66. The van der Waals surface area contributed by atoms with Gasteiger partial charge in [-0.1, -0.05) is 48.8 Å². The van der Waals surface area contributed by atoms with Gasteiger partial charge >= 0.3 is 5.97 Å². The maximum Gasteiger partial charge on any atom is 0.347 e. The molecule has 1 heterocycles. The fraction of sp³-hybridized carbons (Fsp3) is 0.292. The molecule has 0 spiro atoms. The molecule has 8 heteroatoms. The van der Waals surface area contributed by atoms with E-state index in [0.29, 0.717) is 22.0 Å². The van der Waals surface area contributed by atoms with E-state index in [2.05, 4.69) is 4.98 Å². The zero-order valence-corrected chi connectivity index (χ0v) is 18.2. The molecule has 1 N–H and O–H groups in total. The van der Waals surface area contributed by atoms with Crippen molar-refractivity contribution in [2.75, 3.05) is 4.90 Å². The molecule has 1 fully saturated rings. The van der Waals surface area contributed by atoms with Crippen molar-refractivity contribution in [3.8, 4) is 5.75 Å². The number of amides is 1. The predicted octanol–water partition coefficient (Wildman–Crippen LogP) is 5.54. The summed E-state index contributed by atoms with van der Waals surface area (Å²) in [6.45, 7) is 0.0885. The van der Waals surface area contributed by atoms with Crippen LogP contribution in [0.15, 0.2) is 54.7 Å². The summed E-state index contributed by atoms with van der Waals surface area (Å²) in [6, 6.07) is 13.1. The molecule has 1 amide bonds. The number of ether oxygens (including phenoxy) is 1. The van der Waals surface area contributed by atoms with Crippen LogP contribution in [0.1, 0.15) is 57.7 Å². The molecule has 0 unspecified atom stereocenters. The van der Waals surface area contributed by atoms with E-state index >= 15 is 0 Å². The van der Waals surface area contributed by atoms with E-state index in [0.717, 1.165) is 43.4 Å². The average molecular weight is 455 g/mol. The van der Waals surface area contributed by atoms with Crippen molar-refractivity contribution in [3.63, 3.8) is 0 Å². The Bertz CT molecular complexity index is 1090. The van der Waals surface area contributed by atoms with E-state index in [4.69, 9.17) is 4.74 Å². The van der Waals surface area contributed by atoms with E-state index < -0.39 is 5.97 Å². The number of carbonyl (C=O) groups is 2. The van der Waals surface area contributed by atoms with Gasteiger partial charge in [0.2, 0.25) is 0 Å². The van der Waals surface area contributed by atoms with Crippen molar-refractivity contribution in [3.05, 3.63) is 76.5 Å². The number of carboxylic acid groups (broad SMARTS) is 1. The molecular formula is C24H23FN2O4S. The number of hydrogen-bond acceptors (Lipinski definition) is 5. The Morgan fingerprint density at radius 1 is 1.09 bits per heavy atom. The third kappa shape index (κ3) is 4.96. The van der Waals surface area contributed by atoms with Crippen molar-refractivity contribution >= 4 is 28.3 Å². The highest BCUT2D eigenvalue weighted by Crippen LogP contribution is 2.32. The lowest BCUT2D eigenvalue weighted by Crippen LogP contribution is -2.41. The highest BCUT2D eigenvalue weighted by molar-refractivity contribution is 7.17. The molecule has 1 aliphatic rings. The maximum atomic E-state index is 13.8. The van der Waals surface area contributed by atoms with Crippen LogP contribution in [0, 0.1) is 5.82 Å². The molecule has 0 radical (unpaired) electrons. The first-order valence-electron chi connectivity index (χ1n) is 10.5. The normalized spacial score (nSPS) is 14.2. The third-order valence-corrected chi connectivity index (χ3v) is 6.51. The zero-order chi connectivity index (χ0) is 22.5. The first kappa shape index (κ1) is 22.0. The van der Waals surface area contributed by atoms with E-state index in [-0.39, 0.29) is 29.3 Å². The van der Waals surface area contributed by atoms with Gasteiger partial charge in [0.25, 0.3) is 5.91 Å². The van der Waals surface area contributed by atoms with Crippen molar-refractivity contribution in [2.45, 2.75) is 44.8 Å². The summed E-state index contributed by atoms with van der Waals surface area (Å²) in [5.74, 6) is -1.08. The molecule has 32 heavy (non-hydrogen) atoms. The van der Waals surface area contributed by atoms with Crippen molar-refractivity contribution in [2.24, 2.45) is 0 Å². The van der Waals surface area contributed by atoms with E-state index in [1.165, 1.54) is 12.3 Å². The Morgan fingerprint density at radius 3 is 2.47 bits per heavy atom. The Morgan fingerprint density at radius 2 is 1.81 bits per heavy atom. The van der Waals surface area contributed by atoms with Crippen molar-refractivity contribution in [1.29, 1.82) is 0 Å². The monoisotopic (exact) mass is 454 g/mol. The van der Waals surface area contributed by atoms with Gasteiger partial charge in [-0.2, -0.15) is 0 Å². The maximum absolute atomic E-state index is 13.8. The Balaban J connectivity index is 1.52. The summed E-state index contributed by atoms with van der Waals surface area (Å²) in [6.07, 6.45) is 6.19. The number of carbonyl (C=O) groups excluding carboxylic acids is 1. The molecule has 3 aromatic rings. The van der Waals surface area contributed by atoms with Crippen LogP contribution in [0.3, 0.4) is 0 Å². The number of nitrogens with zero attached hydrogens (tertiary/aromatic N) is 2. The summed E-state index contributed by atoms with van der Waals surface area (Å²) >= 11 is 1.01. The fourth-order valence-corrected chi connectivity index (χ4v) is 4.66. The highest BCUT2D eigenvalue weighted by Gasteiger charge is 2.30. The molecule has 0 saturated heterocycles. The van der Waals surface area contributed by atoms with Gasteiger partial charge in [-0.3, -0.25) is 9.69 Å². The summed E-state index contributed by atoms with van der Waals surface area (Å²) in [7, 11) is 0. The minimum Gasteiger partial charge on any atom is -0.489 e. The molecule has 1 saturated carbocycles. The second-order valence-corrected chi connectivity index (χ2v) is 8.69. The zero-order valence-electron chi connectivity index (χ0n) is 17.4. The van der Waals surface area contributed by atoms with Crippen LogP contribution in [0.4, 0.5) is 9.52 Å². The predicted molar refractivity (Wildman–Crippen MR) is 120 cm³/mol. The molecule has 0 bridgehead atoms. The molecule has 1 aliphatic carbocycles. The number of rotatable bonds is 7. The van der Waals surface area contributed by atoms with E-state index in [1.54, 1.807) is 47.4 Å². The van der Waals surface area contributed by atoms with Crippen LogP contribution in [-0.2, 0) is 6.61 Å². The number of hydrogen-bond donors (Lipinski definition) is 1. The molecule has 1 aromatic heterocycles. The average Bonchev–Trinajstić information content (AvgIpc) is 3.30. The third-order valence-electron chi connectivity index (χ3n) is 5.52. The summed E-state index contributed by atoms with van der Waals surface area (Å²) in [5.41, 5.74) is 0.912. The number of halogens is 1. The van der Waals surface area contributed by atoms with Gasteiger partial charge in [0.15, 0.2) is 5.13 Å². The van der Waals surface area contributed by atoms with Crippen LogP contribution < -0.4 is 9.64 Å². The lowest BCUT2D eigenvalue weighted by Gasteiger charge is -2.32. The van der Waals surface area contributed by atoms with Gasteiger partial charge in [-0.25, -0.2) is 14.2 Å². The first-order valence-corrected chi connectivity index (χ1v) is 11.3. The molecular weight excluding hydrogens is 431 g/mol. The lowest BCUT2D eigenvalue weighted by atomic mass is 9.94. The van der Waals surface area contributed by atoms with Gasteiger partial charge in [0.1, 0.15) is 23.1 Å². The quantitative estimate of drug-likeness (QED) is 0.507. The molecule has 0 atom stereocenters. The van der Waals surface area contributed by atoms with Gasteiger partial charge in [0, 0.05) is 17.2 Å². The molecule has 6 nitrogen and oxygen atoms in total. The summed E-state index contributed by atoms with van der Waals surface area (Å²) < 4.78 is 19.4. The summed E-state index contributed by atoms with van der Waals surface area (Å²) in [4.78, 5) is 30.7. The van der Waals surface area contributed by atoms with Crippen LogP contribution in [0.25, 0.3) is 0 Å². The molecule has 0 aliphatic heterocycles. The second kappa shape index (κ2) is 9.91. The van der Waals surface area contributed by atoms with Crippen molar-refractivity contribution < 1.29 is 23.8 Å². The molecule has 2 aromatic carbocycles. The van der Waals surface area contributed by atoms with Crippen LogP contribution in [-0.4, -0.2) is 28.0 Å². The second-order valence-electron chi connectivity index (χ2n) is 7.68. The van der Waals surface area contributed by atoms with Crippen LogP contribution >= 0.6 is 11.3 Å².